The van der Waals surface area contributed by atoms with Crippen molar-refractivity contribution >= 4 is 29.2 Å². The highest BCUT2D eigenvalue weighted by atomic mass is 35.5. The molecule has 0 radical (unpaired) electrons. The van der Waals surface area contributed by atoms with E-state index in [9.17, 15) is 4.79 Å². The minimum Gasteiger partial charge on any atom is -0.478 e. The number of aromatic carboxylic acids is 1. The zero-order chi connectivity index (χ0) is 12.4. The number of pyridine rings is 1. The first kappa shape index (κ1) is 11.9. The standard InChI is InChI=1S/C12H7Cl2NO2/c13-9-2-1-5-15-11(9)7-3-4-8(12(16)17)10(14)6-7/h1-6H,(H,16,17). The maximum atomic E-state index is 10.8. The summed E-state index contributed by atoms with van der Waals surface area (Å²) in [7, 11) is 0. The van der Waals surface area contributed by atoms with Crippen LogP contribution in [0.5, 0.6) is 0 Å². The number of nitrogens with zero attached hydrogens (tertiary/aromatic N) is 1. The van der Waals surface area contributed by atoms with Gasteiger partial charge in [-0.1, -0.05) is 29.3 Å². The minimum atomic E-state index is -1.06. The van der Waals surface area contributed by atoms with Gasteiger partial charge in [0.25, 0.3) is 0 Å². The Morgan fingerprint density at radius 3 is 2.53 bits per heavy atom. The summed E-state index contributed by atoms with van der Waals surface area (Å²) in [5.41, 5.74) is 1.32. The molecule has 0 atom stereocenters. The number of benzene rings is 1. The van der Waals surface area contributed by atoms with Crippen molar-refractivity contribution in [2.45, 2.75) is 0 Å². The van der Waals surface area contributed by atoms with Gasteiger partial charge in [-0.15, -0.1) is 0 Å². The van der Waals surface area contributed by atoms with E-state index in [1.165, 1.54) is 6.07 Å². The van der Waals surface area contributed by atoms with Gasteiger partial charge >= 0.3 is 5.97 Å². The largest absolute Gasteiger partial charge is 0.478 e. The van der Waals surface area contributed by atoms with Crippen molar-refractivity contribution in [3.8, 4) is 11.3 Å². The van der Waals surface area contributed by atoms with Gasteiger partial charge in [0.1, 0.15) is 0 Å². The van der Waals surface area contributed by atoms with Gasteiger partial charge in [-0.3, -0.25) is 4.98 Å². The van der Waals surface area contributed by atoms with Crippen molar-refractivity contribution in [2.24, 2.45) is 0 Å². The highest BCUT2D eigenvalue weighted by Gasteiger charge is 2.11. The molecule has 1 heterocycles. The summed E-state index contributed by atoms with van der Waals surface area (Å²) in [6.07, 6.45) is 1.61. The molecule has 0 amide bonds. The molecule has 0 saturated heterocycles. The van der Waals surface area contributed by atoms with E-state index >= 15 is 0 Å². The molecule has 17 heavy (non-hydrogen) atoms. The summed E-state index contributed by atoms with van der Waals surface area (Å²) in [6.45, 7) is 0. The first-order valence-corrected chi connectivity index (χ1v) is 5.49. The highest BCUT2D eigenvalue weighted by Crippen LogP contribution is 2.28. The second-order valence-electron chi connectivity index (χ2n) is 3.33. The van der Waals surface area contributed by atoms with Gasteiger partial charge in [-0.2, -0.15) is 0 Å². The first-order chi connectivity index (χ1) is 8.09. The number of halogens is 2. The molecule has 0 saturated carbocycles. The molecular formula is C12H7Cl2NO2. The Kier molecular flexibility index (Phi) is 3.31. The van der Waals surface area contributed by atoms with E-state index in [1.807, 2.05) is 0 Å². The third-order valence-electron chi connectivity index (χ3n) is 2.23. The van der Waals surface area contributed by atoms with E-state index in [0.717, 1.165) is 0 Å². The lowest BCUT2D eigenvalue weighted by molar-refractivity contribution is 0.0697. The van der Waals surface area contributed by atoms with E-state index in [0.29, 0.717) is 16.3 Å². The molecule has 2 aromatic rings. The summed E-state index contributed by atoms with van der Waals surface area (Å²) in [4.78, 5) is 14.9. The van der Waals surface area contributed by atoms with Crippen LogP contribution in [0, 0.1) is 0 Å². The predicted molar refractivity (Wildman–Crippen MR) is 66.7 cm³/mol. The Labute approximate surface area is 108 Å². The summed E-state index contributed by atoms with van der Waals surface area (Å²) in [5, 5.41) is 9.51. The van der Waals surface area contributed by atoms with E-state index in [2.05, 4.69) is 4.98 Å². The number of carbonyl (C=O) groups is 1. The predicted octanol–water partition coefficient (Wildman–Crippen LogP) is 3.75. The van der Waals surface area contributed by atoms with Crippen LogP contribution in [0.4, 0.5) is 0 Å². The van der Waals surface area contributed by atoms with Gasteiger partial charge in [-0.25, -0.2) is 4.79 Å². The Balaban J connectivity index is 2.52. The highest BCUT2D eigenvalue weighted by molar-refractivity contribution is 6.34. The molecule has 0 aliphatic heterocycles. The Morgan fingerprint density at radius 1 is 1.18 bits per heavy atom. The van der Waals surface area contributed by atoms with Crippen LogP contribution in [0.25, 0.3) is 11.3 Å². The van der Waals surface area contributed by atoms with Gasteiger partial charge in [0.15, 0.2) is 0 Å². The van der Waals surface area contributed by atoms with Gasteiger partial charge in [0.2, 0.25) is 0 Å². The SMILES string of the molecule is O=C(O)c1ccc(-c2ncccc2Cl)cc1Cl. The van der Waals surface area contributed by atoms with E-state index < -0.39 is 5.97 Å². The van der Waals surface area contributed by atoms with Crippen LogP contribution in [-0.2, 0) is 0 Å². The topological polar surface area (TPSA) is 50.2 Å². The molecule has 1 aromatic heterocycles. The molecule has 0 fully saturated rings. The average molecular weight is 268 g/mol. The number of aromatic nitrogens is 1. The monoisotopic (exact) mass is 267 g/mol. The number of hydrogen-bond donors (Lipinski definition) is 1. The molecule has 0 aliphatic carbocycles. The number of rotatable bonds is 2. The van der Waals surface area contributed by atoms with Crippen LogP contribution in [0.2, 0.25) is 10.0 Å². The second-order valence-corrected chi connectivity index (χ2v) is 4.15. The van der Waals surface area contributed by atoms with Crippen molar-refractivity contribution in [3.05, 3.63) is 52.1 Å². The molecule has 2 rings (SSSR count). The van der Waals surface area contributed by atoms with Gasteiger partial charge in [0, 0.05) is 11.8 Å². The maximum absolute atomic E-state index is 10.8. The van der Waals surface area contributed by atoms with Crippen LogP contribution < -0.4 is 0 Å². The summed E-state index contributed by atoms with van der Waals surface area (Å²) in [6, 6.07) is 8.04. The molecule has 0 unspecified atom stereocenters. The third-order valence-corrected chi connectivity index (χ3v) is 2.85. The van der Waals surface area contributed by atoms with E-state index in [4.69, 9.17) is 28.3 Å². The smallest absolute Gasteiger partial charge is 0.337 e. The van der Waals surface area contributed by atoms with Crippen molar-refractivity contribution in [3.63, 3.8) is 0 Å². The lowest BCUT2D eigenvalue weighted by Crippen LogP contribution is -1.97. The zero-order valence-corrected chi connectivity index (χ0v) is 10.0. The van der Waals surface area contributed by atoms with Crippen molar-refractivity contribution in [1.82, 2.24) is 4.98 Å². The first-order valence-electron chi connectivity index (χ1n) is 4.73. The van der Waals surface area contributed by atoms with Gasteiger partial charge in [-0.05, 0) is 24.3 Å². The molecular weight excluding hydrogens is 261 g/mol. The normalized spacial score (nSPS) is 10.2. The van der Waals surface area contributed by atoms with Crippen LogP contribution in [0.15, 0.2) is 36.5 Å². The Morgan fingerprint density at radius 2 is 1.94 bits per heavy atom. The number of carboxylic acid groups (broad SMARTS) is 1. The lowest BCUT2D eigenvalue weighted by atomic mass is 10.1. The summed E-state index contributed by atoms with van der Waals surface area (Å²) < 4.78 is 0. The Hall–Kier alpha value is -1.58. The molecule has 0 spiro atoms. The van der Waals surface area contributed by atoms with Gasteiger partial charge < -0.3 is 5.11 Å². The fourth-order valence-electron chi connectivity index (χ4n) is 1.43. The lowest BCUT2D eigenvalue weighted by Gasteiger charge is -2.05. The molecule has 86 valence electrons. The Bertz CT molecular complexity index is 584. The maximum Gasteiger partial charge on any atom is 0.337 e. The van der Waals surface area contributed by atoms with Crippen molar-refractivity contribution in [1.29, 1.82) is 0 Å². The molecule has 1 N–H and O–H groups in total. The third kappa shape index (κ3) is 2.40. The zero-order valence-electron chi connectivity index (χ0n) is 8.52. The van der Waals surface area contributed by atoms with Crippen LogP contribution >= 0.6 is 23.2 Å². The van der Waals surface area contributed by atoms with E-state index in [-0.39, 0.29) is 10.6 Å². The molecule has 0 aliphatic rings. The van der Waals surface area contributed by atoms with E-state index in [1.54, 1.807) is 30.5 Å². The van der Waals surface area contributed by atoms with Crippen LogP contribution in [-0.4, -0.2) is 16.1 Å². The van der Waals surface area contributed by atoms with Crippen LogP contribution in [0.1, 0.15) is 10.4 Å². The summed E-state index contributed by atoms with van der Waals surface area (Å²) in [5.74, 6) is -1.06. The fraction of sp³-hybridized carbons (Fsp3) is 0. The second kappa shape index (κ2) is 4.73. The molecule has 3 nitrogen and oxygen atoms in total. The van der Waals surface area contributed by atoms with Crippen LogP contribution in [0.3, 0.4) is 0 Å². The number of hydrogen-bond acceptors (Lipinski definition) is 2. The molecule has 1 aromatic carbocycles. The van der Waals surface area contributed by atoms with Gasteiger partial charge in [0.05, 0.1) is 21.3 Å². The quantitative estimate of drug-likeness (QED) is 0.902. The number of carboxylic acids is 1. The average Bonchev–Trinajstić information content (AvgIpc) is 2.29. The summed E-state index contributed by atoms with van der Waals surface area (Å²) >= 11 is 11.9. The minimum absolute atomic E-state index is 0.0578. The molecule has 5 heteroatoms. The molecule has 0 bridgehead atoms. The van der Waals surface area contributed by atoms with Crippen molar-refractivity contribution < 1.29 is 9.90 Å². The van der Waals surface area contributed by atoms with Crippen molar-refractivity contribution in [2.75, 3.05) is 0 Å². The fourth-order valence-corrected chi connectivity index (χ4v) is 1.93.